The van der Waals surface area contributed by atoms with Gasteiger partial charge in [0.15, 0.2) is 0 Å². The highest BCUT2D eigenvalue weighted by molar-refractivity contribution is 5.93. The van der Waals surface area contributed by atoms with Gasteiger partial charge in [0.2, 0.25) is 0 Å². The molecule has 0 aliphatic carbocycles. The first kappa shape index (κ1) is 13.5. The first-order chi connectivity index (χ1) is 10.3. The van der Waals surface area contributed by atoms with E-state index in [1.165, 1.54) is 0 Å². The van der Waals surface area contributed by atoms with Crippen molar-refractivity contribution in [3.8, 4) is 0 Å². The van der Waals surface area contributed by atoms with Crippen LogP contribution in [0, 0.1) is 0 Å². The number of nitrogens with one attached hydrogen (secondary N) is 1. The van der Waals surface area contributed by atoms with E-state index in [1.54, 1.807) is 18.6 Å². The lowest BCUT2D eigenvalue weighted by Crippen LogP contribution is -2.28. The molecule has 0 unspecified atom stereocenters. The number of amides is 1. The Balaban J connectivity index is 1.66. The van der Waals surface area contributed by atoms with Crippen LogP contribution in [0.3, 0.4) is 0 Å². The molecule has 0 saturated carbocycles. The van der Waals surface area contributed by atoms with Crippen LogP contribution >= 0.6 is 0 Å². The molecule has 1 aliphatic rings. The number of anilines is 1. The maximum Gasteiger partial charge on any atom is 0.272 e. The fourth-order valence-electron chi connectivity index (χ4n) is 2.44. The van der Waals surface area contributed by atoms with Crippen LogP contribution < -0.4 is 5.32 Å². The molecule has 108 valence electrons. The molecule has 1 N–H and O–H groups in total. The Labute approximate surface area is 124 Å². The number of pyridine rings is 2. The van der Waals surface area contributed by atoms with Gasteiger partial charge < -0.3 is 10.2 Å². The van der Waals surface area contributed by atoms with Crippen molar-refractivity contribution >= 4 is 11.6 Å². The monoisotopic (exact) mass is 282 g/mol. The fourth-order valence-corrected chi connectivity index (χ4v) is 2.44. The topological polar surface area (TPSA) is 58.1 Å². The Kier molecular flexibility index (Phi) is 4.09. The number of nitrogens with zero attached hydrogens (tertiary/aromatic N) is 3. The molecule has 21 heavy (non-hydrogen) atoms. The molecule has 0 aromatic carbocycles. The number of carbonyl (C=O) groups excluding carboxylic acids is 1. The third kappa shape index (κ3) is 3.37. The molecule has 1 amide bonds. The van der Waals surface area contributed by atoms with Gasteiger partial charge in [-0.2, -0.15) is 0 Å². The number of aromatic nitrogens is 2. The molecule has 3 rings (SSSR count). The second-order valence-corrected chi connectivity index (χ2v) is 5.14. The van der Waals surface area contributed by atoms with Crippen molar-refractivity contribution in [1.29, 1.82) is 0 Å². The van der Waals surface area contributed by atoms with Crippen molar-refractivity contribution < 1.29 is 4.79 Å². The first-order valence-electron chi connectivity index (χ1n) is 7.21. The van der Waals surface area contributed by atoms with E-state index in [1.807, 2.05) is 29.2 Å². The summed E-state index contributed by atoms with van der Waals surface area (Å²) in [6.45, 7) is 2.38. The summed E-state index contributed by atoms with van der Waals surface area (Å²) < 4.78 is 0. The Bertz CT molecular complexity index is 609. The maximum atomic E-state index is 12.3. The van der Waals surface area contributed by atoms with E-state index in [9.17, 15) is 4.79 Å². The van der Waals surface area contributed by atoms with Gasteiger partial charge in [0, 0.05) is 43.9 Å². The van der Waals surface area contributed by atoms with Crippen LogP contribution in [0.1, 0.15) is 28.9 Å². The van der Waals surface area contributed by atoms with Crippen LogP contribution in [0.2, 0.25) is 0 Å². The molecule has 0 radical (unpaired) electrons. The Morgan fingerprint density at radius 1 is 1.14 bits per heavy atom. The Hall–Kier alpha value is -2.43. The molecule has 1 fully saturated rings. The zero-order valence-electron chi connectivity index (χ0n) is 11.8. The fraction of sp³-hybridized carbons (Fsp3) is 0.312. The van der Waals surface area contributed by atoms with Gasteiger partial charge in [0.1, 0.15) is 5.69 Å². The predicted octanol–water partition coefficient (Wildman–Crippen LogP) is 2.32. The van der Waals surface area contributed by atoms with E-state index in [4.69, 9.17) is 0 Å². The smallest absolute Gasteiger partial charge is 0.272 e. The van der Waals surface area contributed by atoms with Crippen molar-refractivity contribution in [3.05, 3.63) is 54.1 Å². The van der Waals surface area contributed by atoms with Crippen molar-refractivity contribution in [2.24, 2.45) is 0 Å². The molecule has 2 aromatic heterocycles. The largest absolute Gasteiger partial charge is 0.381 e. The van der Waals surface area contributed by atoms with Crippen LogP contribution in [0.25, 0.3) is 0 Å². The molecule has 0 bridgehead atoms. The van der Waals surface area contributed by atoms with Gasteiger partial charge in [-0.15, -0.1) is 0 Å². The average Bonchev–Trinajstić information content (AvgIpc) is 3.08. The van der Waals surface area contributed by atoms with E-state index < -0.39 is 0 Å². The molecule has 5 nitrogen and oxygen atoms in total. The summed E-state index contributed by atoms with van der Waals surface area (Å²) in [5.41, 5.74) is 2.57. The van der Waals surface area contributed by atoms with Gasteiger partial charge in [-0.25, -0.2) is 0 Å². The van der Waals surface area contributed by atoms with E-state index in [-0.39, 0.29) is 5.91 Å². The first-order valence-corrected chi connectivity index (χ1v) is 7.21. The number of hydrogen-bond acceptors (Lipinski definition) is 4. The van der Waals surface area contributed by atoms with Crippen molar-refractivity contribution in [3.63, 3.8) is 0 Å². The minimum Gasteiger partial charge on any atom is -0.381 e. The lowest BCUT2D eigenvalue weighted by atomic mass is 10.2. The molecular weight excluding hydrogens is 264 g/mol. The highest BCUT2D eigenvalue weighted by Gasteiger charge is 2.20. The zero-order chi connectivity index (χ0) is 14.5. The molecule has 0 atom stereocenters. The Morgan fingerprint density at radius 2 is 1.90 bits per heavy atom. The molecule has 2 aromatic rings. The minimum atomic E-state index is 0.0278. The highest BCUT2D eigenvalue weighted by atomic mass is 16.2. The van der Waals surface area contributed by atoms with E-state index in [0.717, 1.165) is 37.2 Å². The average molecular weight is 282 g/mol. The summed E-state index contributed by atoms with van der Waals surface area (Å²) >= 11 is 0. The lowest BCUT2D eigenvalue weighted by Gasteiger charge is -2.15. The van der Waals surface area contributed by atoms with Gasteiger partial charge in [-0.1, -0.05) is 0 Å². The van der Waals surface area contributed by atoms with Crippen LogP contribution in [-0.4, -0.2) is 33.9 Å². The molecule has 1 aliphatic heterocycles. The third-order valence-electron chi connectivity index (χ3n) is 3.62. The SMILES string of the molecule is O=C(c1cc(NCc2ccncc2)ccn1)N1CCCC1. The third-order valence-corrected chi connectivity index (χ3v) is 3.62. The quantitative estimate of drug-likeness (QED) is 0.935. The van der Waals surface area contributed by atoms with Gasteiger partial charge in [0.05, 0.1) is 0 Å². The second kappa shape index (κ2) is 6.35. The minimum absolute atomic E-state index is 0.0278. The van der Waals surface area contributed by atoms with Crippen LogP contribution in [0.4, 0.5) is 5.69 Å². The molecule has 5 heteroatoms. The van der Waals surface area contributed by atoms with Gasteiger partial charge in [-0.3, -0.25) is 14.8 Å². The predicted molar refractivity (Wildman–Crippen MR) is 80.9 cm³/mol. The van der Waals surface area contributed by atoms with Gasteiger partial charge in [0.25, 0.3) is 5.91 Å². The number of hydrogen-bond donors (Lipinski definition) is 1. The van der Waals surface area contributed by atoms with Crippen molar-refractivity contribution in [2.75, 3.05) is 18.4 Å². The van der Waals surface area contributed by atoms with Crippen molar-refractivity contribution in [1.82, 2.24) is 14.9 Å². The van der Waals surface area contributed by atoms with E-state index >= 15 is 0 Å². The molecule has 3 heterocycles. The summed E-state index contributed by atoms with van der Waals surface area (Å²) in [7, 11) is 0. The van der Waals surface area contributed by atoms with Crippen molar-refractivity contribution in [2.45, 2.75) is 19.4 Å². The summed E-state index contributed by atoms with van der Waals surface area (Å²) in [5.74, 6) is 0.0278. The Morgan fingerprint density at radius 3 is 2.67 bits per heavy atom. The van der Waals surface area contributed by atoms with Crippen LogP contribution in [0.15, 0.2) is 42.9 Å². The maximum absolute atomic E-state index is 12.3. The number of rotatable bonds is 4. The van der Waals surface area contributed by atoms with Crippen LogP contribution in [-0.2, 0) is 6.54 Å². The normalized spacial score (nSPS) is 14.2. The summed E-state index contributed by atoms with van der Waals surface area (Å²) in [6.07, 6.45) is 7.40. The van der Waals surface area contributed by atoms with Gasteiger partial charge in [-0.05, 0) is 42.7 Å². The molecular formula is C16H18N4O. The standard InChI is InChI=1S/C16H18N4O/c21-16(20-9-1-2-10-20)15-11-14(5-8-18-15)19-12-13-3-6-17-7-4-13/h3-8,11H,1-2,9-10,12H2,(H,18,19). The van der Waals surface area contributed by atoms with Crippen LogP contribution in [0.5, 0.6) is 0 Å². The zero-order valence-corrected chi connectivity index (χ0v) is 11.8. The number of likely N-dealkylation sites (tertiary alicyclic amines) is 1. The van der Waals surface area contributed by atoms with Gasteiger partial charge >= 0.3 is 0 Å². The van der Waals surface area contributed by atoms with E-state index in [2.05, 4.69) is 15.3 Å². The lowest BCUT2D eigenvalue weighted by molar-refractivity contribution is 0.0787. The summed E-state index contributed by atoms with van der Waals surface area (Å²) in [4.78, 5) is 22.4. The summed E-state index contributed by atoms with van der Waals surface area (Å²) in [6, 6.07) is 7.62. The van der Waals surface area contributed by atoms with E-state index in [0.29, 0.717) is 12.2 Å². The number of carbonyl (C=O) groups is 1. The highest BCUT2D eigenvalue weighted by Crippen LogP contribution is 2.15. The summed E-state index contributed by atoms with van der Waals surface area (Å²) in [5, 5.41) is 3.31. The molecule has 1 saturated heterocycles. The molecule has 0 spiro atoms. The second-order valence-electron chi connectivity index (χ2n) is 5.14.